The molecule has 4 heteroatoms. The van der Waals surface area contributed by atoms with Gasteiger partial charge < -0.3 is 13.6 Å². The third-order valence-electron chi connectivity index (χ3n) is 1.75. The van der Waals surface area contributed by atoms with E-state index in [1.54, 1.807) is 0 Å². The Morgan fingerprint density at radius 3 is 1.92 bits per heavy atom. The molecule has 0 aliphatic heterocycles. The summed E-state index contributed by atoms with van der Waals surface area (Å²) in [4.78, 5) is 0. The Hall–Kier alpha value is 0.310. The fraction of sp³-hybridized carbons (Fsp3) is 1.00. The fourth-order valence-electron chi connectivity index (χ4n) is 0.781. The Kier molecular flexibility index (Phi) is 2.97. The van der Waals surface area contributed by atoms with E-state index in [4.69, 9.17) is 13.6 Å². The Bertz CT molecular complexity index is 131. The van der Waals surface area contributed by atoms with E-state index >= 15 is 0 Å². The van der Waals surface area contributed by atoms with Crippen molar-refractivity contribution in [3.05, 3.63) is 0 Å². The molecule has 70 valence electrons. The molecule has 0 aromatic rings. The summed E-state index contributed by atoms with van der Waals surface area (Å²) in [6.45, 7) is 2.66. The lowest BCUT2D eigenvalue weighted by molar-refractivity contribution is 0.153. The maximum absolute atomic E-state index is 5.57. The Morgan fingerprint density at radius 1 is 1.08 bits per heavy atom. The van der Waals surface area contributed by atoms with Gasteiger partial charge in [-0.25, -0.2) is 0 Å². The van der Waals surface area contributed by atoms with Gasteiger partial charge >= 0.3 is 8.60 Å². The average Bonchev–Trinajstić information content (AvgIpc) is 2.82. The lowest BCUT2D eigenvalue weighted by Crippen LogP contribution is -1.97. The van der Waals surface area contributed by atoms with Gasteiger partial charge in [-0.1, -0.05) is 0 Å². The van der Waals surface area contributed by atoms with Crippen LogP contribution >= 0.6 is 8.60 Å². The molecular formula is C8H15O3P. The van der Waals surface area contributed by atoms with Crippen molar-refractivity contribution in [2.45, 2.75) is 44.8 Å². The SMILES string of the molecule is CCOP(OC1CC1)OC1CC1. The van der Waals surface area contributed by atoms with Gasteiger partial charge in [0.05, 0.1) is 18.8 Å². The molecule has 2 fully saturated rings. The molecule has 0 saturated heterocycles. The van der Waals surface area contributed by atoms with Crippen LogP contribution in [0.15, 0.2) is 0 Å². The largest absolute Gasteiger partial charge is 0.333 e. The molecule has 12 heavy (non-hydrogen) atoms. The van der Waals surface area contributed by atoms with Crippen molar-refractivity contribution in [3.8, 4) is 0 Å². The third-order valence-corrected chi connectivity index (χ3v) is 3.16. The van der Waals surface area contributed by atoms with Crippen LogP contribution in [0.5, 0.6) is 0 Å². The van der Waals surface area contributed by atoms with E-state index < -0.39 is 8.60 Å². The van der Waals surface area contributed by atoms with Crippen molar-refractivity contribution in [3.63, 3.8) is 0 Å². The molecule has 2 saturated carbocycles. The lowest BCUT2D eigenvalue weighted by Gasteiger charge is -2.14. The molecule has 2 rings (SSSR count). The first-order chi connectivity index (χ1) is 5.88. The minimum atomic E-state index is -1.01. The summed E-state index contributed by atoms with van der Waals surface area (Å²) in [6, 6.07) is 0. The van der Waals surface area contributed by atoms with Gasteiger partial charge in [-0.05, 0) is 32.6 Å². The molecule has 0 radical (unpaired) electrons. The van der Waals surface area contributed by atoms with Crippen LogP contribution in [0.3, 0.4) is 0 Å². The summed E-state index contributed by atoms with van der Waals surface area (Å²) in [5.74, 6) is 0. The maximum Gasteiger partial charge on any atom is 0.333 e. The molecule has 3 nitrogen and oxygen atoms in total. The normalized spacial score (nSPS) is 23.5. The summed E-state index contributed by atoms with van der Waals surface area (Å²) in [7, 11) is -1.01. The highest BCUT2D eigenvalue weighted by atomic mass is 31.2. The molecule has 0 heterocycles. The molecule has 0 N–H and O–H groups in total. The third kappa shape index (κ3) is 2.98. The van der Waals surface area contributed by atoms with Crippen LogP contribution in [0.2, 0.25) is 0 Å². The second-order valence-corrected chi connectivity index (χ2v) is 4.38. The van der Waals surface area contributed by atoms with Crippen LogP contribution in [0.25, 0.3) is 0 Å². The second-order valence-electron chi connectivity index (χ2n) is 3.25. The van der Waals surface area contributed by atoms with E-state index in [0.29, 0.717) is 18.8 Å². The van der Waals surface area contributed by atoms with Crippen LogP contribution in [-0.4, -0.2) is 18.8 Å². The molecule has 0 amide bonds. The Balaban J connectivity index is 1.66. The monoisotopic (exact) mass is 190 g/mol. The fourth-order valence-corrected chi connectivity index (χ4v) is 2.07. The molecule has 0 spiro atoms. The van der Waals surface area contributed by atoms with Crippen LogP contribution in [-0.2, 0) is 13.6 Å². The summed E-state index contributed by atoms with van der Waals surface area (Å²) in [5.41, 5.74) is 0. The van der Waals surface area contributed by atoms with Crippen molar-refractivity contribution < 1.29 is 13.6 Å². The molecule has 0 bridgehead atoms. The zero-order valence-electron chi connectivity index (χ0n) is 7.36. The van der Waals surface area contributed by atoms with Gasteiger partial charge in [-0.3, -0.25) is 0 Å². The number of hydrogen-bond acceptors (Lipinski definition) is 3. The number of rotatable bonds is 6. The van der Waals surface area contributed by atoms with Gasteiger partial charge in [0.2, 0.25) is 0 Å². The van der Waals surface area contributed by atoms with Crippen molar-refractivity contribution in [2.24, 2.45) is 0 Å². The highest BCUT2D eigenvalue weighted by molar-refractivity contribution is 7.41. The van der Waals surface area contributed by atoms with Crippen LogP contribution in [0, 0.1) is 0 Å². The highest BCUT2D eigenvalue weighted by Gasteiger charge is 2.33. The van der Waals surface area contributed by atoms with Gasteiger partial charge in [0.1, 0.15) is 0 Å². The van der Waals surface area contributed by atoms with E-state index in [1.807, 2.05) is 6.92 Å². The lowest BCUT2D eigenvalue weighted by atomic mass is 10.9. The topological polar surface area (TPSA) is 27.7 Å². The van der Waals surface area contributed by atoms with Gasteiger partial charge in [0.25, 0.3) is 0 Å². The van der Waals surface area contributed by atoms with Crippen LogP contribution < -0.4 is 0 Å². The molecular weight excluding hydrogens is 175 g/mol. The first-order valence-electron chi connectivity index (χ1n) is 4.65. The number of hydrogen-bond donors (Lipinski definition) is 0. The zero-order valence-corrected chi connectivity index (χ0v) is 8.26. The Labute approximate surface area is 74.4 Å². The van der Waals surface area contributed by atoms with Crippen molar-refractivity contribution in [1.82, 2.24) is 0 Å². The summed E-state index contributed by atoms with van der Waals surface area (Å²) < 4.78 is 16.5. The van der Waals surface area contributed by atoms with E-state index in [2.05, 4.69) is 0 Å². The van der Waals surface area contributed by atoms with Crippen molar-refractivity contribution in [1.29, 1.82) is 0 Å². The van der Waals surface area contributed by atoms with Gasteiger partial charge in [-0.15, -0.1) is 0 Å². The zero-order chi connectivity index (χ0) is 8.39. The van der Waals surface area contributed by atoms with Crippen molar-refractivity contribution in [2.75, 3.05) is 6.61 Å². The van der Waals surface area contributed by atoms with Crippen LogP contribution in [0.4, 0.5) is 0 Å². The predicted octanol–water partition coefficient (Wildman–Crippen LogP) is 2.61. The van der Waals surface area contributed by atoms with Gasteiger partial charge in [0, 0.05) is 0 Å². The predicted molar refractivity (Wildman–Crippen MR) is 46.8 cm³/mol. The smallest absolute Gasteiger partial charge is 0.313 e. The van der Waals surface area contributed by atoms with E-state index in [1.165, 1.54) is 25.7 Å². The first kappa shape index (κ1) is 8.89. The summed E-state index contributed by atoms with van der Waals surface area (Å²) in [6.07, 6.45) is 5.59. The second kappa shape index (κ2) is 4.01. The minimum Gasteiger partial charge on any atom is -0.313 e. The van der Waals surface area contributed by atoms with Gasteiger partial charge in [0.15, 0.2) is 0 Å². The molecule has 0 unspecified atom stereocenters. The molecule has 2 aliphatic carbocycles. The van der Waals surface area contributed by atoms with Crippen molar-refractivity contribution >= 4 is 8.60 Å². The van der Waals surface area contributed by atoms with Gasteiger partial charge in [-0.2, -0.15) is 0 Å². The molecule has 0 aromatic heterocycles. The molecule has 0 aromatic carbocycles. The quantitative estimate of drug-likeness (QED) is 0.602. The van der Waals surface area contributed by atoms with E-state index in [9.17, 15) is 0 Å². The Morgan fingerprint density at radius 2 is 1.58 bits per heavy atom. The molecule has 2 aliphatic rings. The van der Waals surface area contributed by atoms with E-state index in [-0.39, 0.29) is 0 Å². The standard InChI is InChI=1S/C8H15O3P/c1-2-9-12(10-7-3-4-7)11-8-5-6-8/h7-8H,2-6H2,1H3. The van der Waals surface area contributed by atoms with Crippen LogP contribution in [0.1, 0.15) is 32.6 Å². The minimum absolute atomic E-state index is 0.432. The molecule has 0 atom stereocenters. The summed E-state index contributed by atoms with van der Waals surface area (Å²) in [5, 5.41) is 0. The first-order valence-corrected chi connectivity index (χ1v) is 5.74. The highest BCUT2D eigenvalue weighted by Crippen LogP contribution is 2.50. The summed E-state index contributed by atoms with van der Waals surface area (Å²) >= 11 is 0. The average molecular weight is 190 g/mol. The maximum atomic E-state index is 5.57. The van der Waals surface area contributed by atoms with E-state index in [0.717, 1.165) is 0 Å².